The van der Waals surface area contributed by atoms with Gasteiger partial charge in [-0.3, -0.25) is 4.79 Å². The fourth-order valence-corrected chi connectivity index (χ4v) is 1.63. The van der Waals surface area contributed by atoms with Gasteiger partial charge in [-0.15, -0.1) is 0 Å². The standard InChI is InChI=1S/C13H16O2/c1-12(2,3)10-4-6-11(7-5-10)13(8-14)9-15-13/h4-8H,9H2,1-3H3. The van der Waals surface area contributed by atoms with Crippen molar-refractivity contribution < 1.29 is 9.53 Å². The highest BCUT2D eigenvalue weighted by atomic mass is 16.6. The molecule has 0 aromatic heterocycles. The number of epoxide rings is 1. The molecular formula is C13H16O2. The van der Waals surface area contributed by atoms with Crippen LogP contribution in [0.2, 0.25) is 0 Å². The zero-order valence-corrected chi connectivity index (χ0v) is 9.41. The number of benzene rings is 1. The van der Waals surface area contributed by atoms with Gasteiger partial charge in [-0.1, -0.05) is 45.0 Å². The molecule has 0 radical (unpaired) electrons. The van der Waals surface area contributed by atoms with E-state index < -0.39 is 5.60 Å². The number of aldehydes is 1. The third-order valence-electron chi connectivity index (χ3n) is 2.89. The third kappa shape index (κ3) is 1.82. The molecule has 1 aromatic carbocycles. The van der Waals surface area contributed by atoms with E-state index in [0.29, 0.717) is 6.61 Å². The van der Waals surface area contributed by atoms with Gasteiger partial charge in [-0.25, -0.2) is 0 Å². The summed E-state index contributed by atoms with van der Waals surface area (Å²) in [5.41, 5.74) is 1.76. The molecular weight excluding hydrogens is 188 g/mol. The van der Waals surface area contributed by atoms with E-state index in [0.717, 1.165) is 11.8 Å². The van der Waals surface area contributed by atoms with Crippen LogP contribution in [0, 0.1) is 0 Å². The summed E-state index contributed by atoms with van der Waals surface area (Å²) >= 11 is 0. The number of rotatable bonds is 2. The van der Waals surface area contributed by atoms with Gasteiger partial charge in [0.25, 0.3) is 0 Å². The lowest BCUT2D eigenvalue weighted by atomic mass is 9.86. The summed E-state index contributed by atoms with van der Waals surface area (Å²) < 4.78 is 5.19. The number of carbonyl (C=O) groups is 1. The molecule has 0 aliphatic carbocycles. The van der Waals surface area contributed by atoms with Crippen LogP contribution < -0.4 is 0 Å². The number of carbonyl (C=O) groups excluding carboxylic acids is 1. The van der Waals surface area contributed by atoms with Gasteiger partial charge in [0.1, 0.15) is 0 Å². The lowest BCUT2D eigenvalue weighted by Crippen LogP contribution is -2.13. The zero-order chi connectivity index (χ0) is 11.1. The smallest absolute Gasteiger partial charge is 0.171 e. The predicted octanol–water partition coefficient (Wildman–Crippen LogP) is 2.41. The fraction of sp³-hybridized carbons (Fsp3) is 0.462. The van der Waals surface area contributed by atoms with Gasteiger partial charge in [-0.2, -0.15) is 0 Å². The van der Waals surface area contributed by atoms with Gasteiger partial charge >= 0.3 is 0 Å². The molecule has 1 aromatic rings. The van der Waals surface area contributed by atoms with Crippen LogP contribution >= 0.6 is 0 Å². The summed E-state index contributed by atoms with van der Waals surface area (Å²) in [6.07, 6.45) is 0.888. The first kappa shape index (κ1) is 10.4. The zero-order valence-electron chi connectivity index (χ0n) is 9.41. The second kappa shape index (κ2) is 3.17. The number of hydrogen-bond acceptors (Lipinski definition) is 2. The minimum atomic E-state index is -0.629. The van der Waals surface area contributed by atoms with Crippen molar-refractivity contribution in [3.63, 3.8) is 0 Å². The van der Waals surface area contributed by atoms with Gasteiger partial charge in [0, 0.05) is 0 Å². The van der Waals surface area contributed by atoms with Crippen molar-refractivity contribution in [2.75, 3.05) is 6.61 Å². The van der Waals surface area contributed by atoms with Crippen molar-refractivity contribution in [2.24, 2.45) is 0 Å². The lowest BCUT2D eigenvalue weighted by Gasteiger charge is -2.19. The van der Waals surface area contributed by atoms with E-state index in [1.807, 2.05) is 12.1 Å². The lowest BCUT2D eigenvalue weighted by molar-refractivity contribution is -0.112. The first-order valence-electron chi connectivity index (χ1n) is 5.19. The van der Waals surface area contributed by atoms with Crippen molar-refractivity contribution >= 4 is 6.29 Å². The van der Waals surface area contributed by atoms with Crippen LogP contribution in [-0.4, -0.2) is 12.9 Å². The third-order valence-corrected chi connectivity index (χ3v) is 2.89. The van der Waals surface area contributed by atoms with E-state index in [9.17, 15) is 4.79 Å². The predicted molar refractivity (Wildman–Crippen MR) is 58.8 cm³/mol. The van der Waals surface area contributed by atoms with Crippen molar-refractivity contribution in [2.45, 2.75) is 31.8 Å². The summed E-state index contributed by atoms with van der Waals surface area (Å²) in [6.45, 7) is 7.03. The summed E-state index contributed by atoms with van der Waals surface area (Å²) in [4.78, 5) is 10.8. The highest BCUT2D eigenvalue weighted by Gasteiger charge is 2.46. The van der Waals surface area contributed by atoms with E-state index in [1.54, 1.807) is 0 Å². The van der Waals surface area contributed by atoms with Crippen molar-refractivity contribution in [3.05, 3.63) is 35.4 Å². The Hall–Kier alpha value is -1.15. The van der Waals surface area contributed by atoms with Gasteiger partial charge < -0.3 is 4.74 Å². The van der Waals surface area contributed by atoms with Crippen LogP contribution in [0.4, 0.5) is 0 Å². The molecule has 80 valence electrons. The summed E-state index contributed by atoms with van der Waals surface area (Å²) in [5.74, 6) is 0. The number of ether oxygens (including phenoxy) is 1. The Morgan fingerprint density at radius 1 is 1.27 bits per heavy atom. The fourth-order valence-electron chi connectivity index (χ4n) is 1.63. The molecule has 0 amide bonds. The summed E-state index contributed by atoms with van der Waals surface area (Å²) in [6, 6.07) is 8.12. The SMILES string of the molecule is CC(C)(C)c1ccc(C2(C=O)CO2)cc1. The van der Waals surface area contributed by atoms with Crippen LogP contribution in [0.25, 0.3) is 0 Å². The highest BCUT2D eigenvalue weighted by molar-refractivity contribution is 5.69. The maximum atomic E-state index is 10.8. The van der Waals surface area contributed by atoms with Crippen molar-refractivity contribution in [1.29, 1.82) is 0 Å². The van der Waals surface area contributed by atoms with Crippen molar-refractivity contribution in [1.82, 2.24) is 0 Å². The average molecular weight is 204 g/mol. The van der Waals surface area contributed by atoms with E-state index in [1.165, 1.54) is 5.56 Å². The Kier molecular flexibility index (Phi) is 2.19. The normalized spacial score (nSPS) is 25.0. The Labute approximate surface area is 90.3 Å². The Morgan fingerprint density at radius 3 is 2.13 bits per heavy atom. The van der Waals surface area contributed by atoms with Crippen LogP contribution in [-0.2, 0) is 20.5 Å². The van der Waals surface area contributed by atoms with Crippen LogP contribution in [0.1, 0.15) is 31.9 Å². The molecule has 1 fully saturated rings. The quantitative estimate of drug-likeness (QED) is 0.547. The summed E-state index contributed by atoms with van der Waals surface area (Å²) in [5, 5.41) is 0. The number of hydrogen-bond donors (Lipinski definition) is 0. The Morgan fingerprint density at radius 2 is 1.80 bits per heavy atom. The van der Waals surface area contributed by atoms with Gasteiger partial charge in [0.05, 0.1) is 6.61 Å². The largest absolute Gasteiger partial charge is 0.356 e. The average Bonchev–Trinajstić information content (AvgIpc) is 2.97. The van der Waals surface area contributed by atoms with Gasteiger partial charge in [0.15, 0.2) is 11.9 Å². The minimum Gasteiger partial charge on any atom is -0.356 e. The molecule has 0 bridgehead atoms. The van der Waals surface area contributed by atoms with Crippen LogP contribution in [0.5, 0.6) is 0 Å². The molecule has 0 N–H and O–H groups in total. The van der Waals surface area contributed by atoms with Crippen molar-refractivity contribution in [3.8, 4) is 0 Å². The van der Waals surface area contributed by atoms with E-state index in [4.69, 9.17) is 4.74 Å². The topological polar surface area (TPSA) is 29.6 Å². The molecule has 1 aliphatic heterocycles. The monoisotopic (exact) mass is 204 g/mol. The molecule has 1 heterocycles. The molecule has 2 heteroatoms. The molecule has 15 heavy (non-hydrogen) atoms. The Bertz CT molecular complexity index is 367. The van der Waals surface area contributed by atoms with Crippen LogP contribution in [0.15, 0.2) is 24.3 Å². The van der Waals surface area contributed by atoms with E-state index in [-0.39, 0.29) is 5.41 Å². The summed E-state index contributed by atoms with van der Waals surface area (Å²) in [7, 11) is 0. The molecule has 0 saturated carbocycles. The molecule has 0 spiro atoms. The maximum absolute atomic E-state index is 10.8. The molecule has 1 aliphatic rings. The molecule has 1 saturated heterocycles. The molecule has 2 rings (SSSR count). The minimum absolute atomic E-state index is 0.150. The van der Waals surface area contributed by atoms with Gasteiger partial charge in [0.2, 0.25) is 0 Å². The van der Waals surface area contributed by atoms with E-state index in [2.05, 4.69) is 32.9 Å². The first-order chi connectivity index (χ1) is 6.98. The maximum Gasteiger partial charge on any atom is 0.171 e. The molecule has 1 atom stereocenters. The van der Waals surface area contributed by atoms with Crippen LogP contribution in [0.3, 0.4) is 0 Å². The highest BCUT2D eigenvalue weighted by Crippen LogP contribution is 2.37. The van der Waals surface area contributed by atoms with Gasteiger partial charge in [-0.05, 0) is 16.5 Å². The second-order valence-electron chi connectivity index (χ2n) is 5.12. The Balaban J connectivity index is 2.29. The first-order valence-corrected chi connectivity index (χ1v) is 5.19. The molecule has 2 nitrogen and oxygen atoms in total. The van der Waals surface area contributed by atoms with E-state index >= 15 is 0 Å². The second-order valence-corrected chi connectivity index (χ2v) is 5.12. The molecule has 1 unspecified atom stereocenters.